The highest BCUT2D eigenvalue weighted by molar-refractivity contribution is 5.99. The molecule has 1 saturated carbocycles. The van der Waals surface area contributed by atoms with Crippen LogP contribution < -0.4 is 15.5 Å². The van der Waals surface area contributed by atoms with E-state index in [4.69, 9.17) is 4.74 Å². The van der Waals surface area contributed by atoms with Gasteiger partial charge in [-0.3, -0.25) is 14.4 Å². The van der Waals surface area contributed by atoms with E-state index in [1.807, 2.05) is 11.8 Å². The molecule has 1 aliphatic carbocycles. The highest BCUT2D eigenvalue weighted by Crippen LogP contribution is 2.43. The Morgan fingerprint density at radius 2 is 1.94 bits per heavy atom. The summed E-state index contributed by atoms with van der Waals surface area (Å²) in [6.45, 7) is 2.54. The van der Waals surface area contributed by atoms with Crippen LogP contribution in [-0.2, 0) is 13.1 Å². The molecule has 6 rings (SSSR count). The van der Waals surface area contributed by atoms with Crippen LogP contribution in [0.15, 0.2) is 29.2 Å². The first-order valence-corrected chi connectivity index (χ1v) is 12.3. The van der Waals surface area contributed by atoms with E-state index in [9.17, 15) is 23.2 Å². The number of aromatic nitrogens is 1. The van der Waals surface area contributed by atoms with Crippen molar-refractivity contribution in [1.29, 1.82) is 0 Å². The summed E-state index contributed by atoms with van der Waals surface area (Å²) in [5, 5.41) is 2.55. The maximum atomic E-state index is 14.0. The summed E-state index contributed by atoms with van der Waals surface area (Å²) in [6.07, 6.45) is 7.07. The van der Waals surface area contributed by atoms with Gasteiger partial charge in [-0.05, 0) is 44.1 Å². The molecule has 2 saturated heterocycles. The van der Waals surface area contributed by atoms with E-state index in [0.29, 0.717) is 18.9 Å². The largest absolute Gasteiger partial charge is 0.487 e. The number of amides is 2. The summed E-state index contributed by atoms with van der Waals surface area (Å²) in [5.41, 5.74) is -0.513. The molecule has 2 amide bonds. The molecule has 35 heavy (non-hydrogen) atoms. The van der Waals surface area contributed by atoms with E-state index in [2.05, 4.69) is 5.32 Å². The molecule has 186 valence electrons. The third-order valence-corrected chi connectivity index (χ3v) is 7.54. The Morgan fingerprint density at radius 3 is 2.66 bits per heavy atom. The van der Waals surface area contributed by atoms with Crippen molar-refractivity contribution >= 4 is 11.8 Å². The number of unbranched alkanes of at least 4 members (excludes halogenated alkanes) is 1. The highest BCUT2D eigenvalue weighted by atomic mass is 19.1. The normalized spacial score (nSPS) is 22.5. The Balaban J connectivity index is 1.49. The Morgan fingerprint density at radius 1 is 1.17 bits per heavy atom. The monoisotopic (exact) mass is 485 g/mol. The van der Waals surface area contributed by atoms with Crippen LogP contribution in [0.4, 0.5) is 8.78 Å². The molecule has 2 aromatic rings. The lowest BCUT2D eigenvalue weighted by atomic mass is 9.73. The number of benzene rings is 1. The van der Waals surface area contributed by atoms with Crippen molar-refractivity contribution in [1.82, 2.24) is 14.8 Å². The lowest BCUT2D eigenvalue weighted by Crippen LogP contribution is -2.62. The van der Waals surface area contributed by atoms with E-state index in [1.54, 1.807) is 4.57 Å². The van der Waals surface area contributed by atoms with Crippen LogP contribution >= 0.6 is 0 Å². The van der Waals surface area contributed by atoms with Gasteiger partial charge < -0.3 is 19.5 Å². The molecule has 3 aliphatic heterocycles. The smallest absolute Gasteiger partial charge is 0.275 e. The molecule has 3 fully saturated rings. The van der Waals surface area contributed by atoms with Crippen molar-refractivity contribution in [2.75, 3.05) is 6.61 Å². The van der Waals surface area contributed by atoms with Gasteiger partial charge in [0.05, 0.1) is 12.6 Å². The van der Waals surface area contributed by atoms with Gasteiger partial charge in [0.2, 0.25) is 5.43 Å². The Hall–Kier alpha value is -3.23. The van der Waals surface area contributed by atoms with E-state index >= 15 is 0 Å². The molecule has 2 bridgehead atoms. The Kier molecular flexibility index (Phi) is 6.34. The topological polar surface area (TPSA) is 80.6 Å². The Bertz CT molecular complexity index is 1220. The number of carbonyl (C=O) groups is 2. The van der Waals surface area contributed by atoms with Gasteiger partial charge in [0, 0.05) is 37.0 Å². The fourth-order valence-corrected chi connectivity index (χ4v) is 5.69. The van der Waals surface area contributed by atoms with Gasteiger partial charge in [-0.2, -0.15) is 0 Å². The number of carbonyl (C=O) groups excluding carboxylic acids is 2. The Labute approximate surface area is 202 Å². The van der Waals surface area contributed by atoms with E-state index < -0.39 is 23.0 Å². The summed E-state index contributed by atoms with van der Waals surface area (Å²) >= 11 is 0. The lowest BCUT2D eigenvalue weighted by molar-refractivity contribution is -0.0182. The molecule has 0 radical (unpaired) electrons. The van der Waals surface area contributed by atoms with Crippen molar-refractivity contribution in [2.24, 2.45) is 5.92 Å². The minimum atomic E-state index is -0.783. The molecule has 1 aromatic heterocycles. The molecule has 9 heteroatoms. The quantitative estimate of drug-likeness (QED) is 0.608. The third-order valence-electron chi connectivity index (χ3n) is 7.54. The van der Waals surface area contributed by atoms with Crippen LogP contribution in [0, 0.1) is 17.6 Å². The minimum Gasteiger partial charge on any atom is -0.487 e. The number of piperidine rings is 2. The second-order valence-electron chi connectivity index (χ2n) is 9.67. The molecule has 4 heterocycles. The van der Waals surface area contributed by atoms with Gasteiger partial charge in [0.1, 0.15) is 17.2 Å². The van der Waals surface area contributed by atoms with Crippen LogP contribution in [0.1, 0.15) is 71.9 Å². The average molecular weight is 486 g/mol. The first-order valence-electron chi connectivity index (χ1n) is 12.3. The zero-order valence-electron chi connectivity index (χ0n) is 19.7. The van der Waals surface area contributed by atoms with Crippen LogP contribution in [0.3, 0.4) is 0 Å². The maximum Gasteiger partial charge on any atom is 0.275 e. The van der Waals surface area contributed by atoms with Gasteiger partial charge >= 0.3 is 0 Å². The third kappa shape index (κ3) is 4.21. The first-order chi connectivity index (χ1) is 16.9. The van der Waals surface area contributed by atoms with E-state index in [-0.39, 0.29) is 53.7 Å². The fraction of sp³-hybridized carbons (Fsp3) is 0.500. The summed E-state index contributed by atoms with van der Waals surface area (Å²) in [6, 6.07) is 3.31. The molecular formula is C26H29F2N3O4. The van der Waals surface area contributed by atoms with Gasteiger partial charge in [-0.1, -0.05) is 19.4 Å². The van der Waals surface area contributed by atoms with Gasteiger partial charge in [0.15, 0.2) is 11.4 Å². The van der Waals surface area contributed by atoms with Crippen molar-refractivity contribution in [3.8, 4) is 5.75 Å². The predicted molar refractivity (Wildman–Crippen MR) is 124 cm³/mol. The lowest BCUT2D eigenvalue weighted by Gasteiger charge is -2.54. The van der Waals surface area contributed by atoms with Crippen LogP contribution in [0.5, 0.6) is 5.75 Å². The average Bonchev–Trinajstić information content (AvgIpc) is 2.85. The van der Waals surface area contributed by atoms with Gasteiger partial charge in [0.25, 0.3) is 11.8 Å². The van der Waals surface area contributed by atoms with Gasteiger partial charge in [-0.25, -0.2) is 8.78 Å². The van der Waals surface area contributed by atoms with Crippen LogP contribution in [0.25, 0.3) is 0 Å². The predicted octanol–water partition coefficient (Wildman–Crippen LogP) is 3.63. The van der Waals surface area contributed by atoms with Crippen molar-refractivity contribution in [3.05, 3.63) is 63.1 Å². The number of hydrogen-bond donors (Lipinski definition) is 1. The molecule has 0 unspecified atom stereocenters. The van der Waals surface area contributed by atoms with Crippen molar-refractivity contribution in [2.45, 2.75) is 70.6 Å². The molecule has 4 aliphatic rings. The van der Waals surface area contributed by atoms with E-state index in [1.165, 1.54) is 12.3 Å². The number of hydrogen-bond acceptors (Lipinski definition) is 4. The number of rotatable bonds is 7. The maximum absolute atomic E-state index is 14.0. The van der Waals surface area contributed by atoms with Crippen molar-refractivity contribution < 1.29 is 23.1 Å². The zero-order chi connectivity index (χ0) is 24.7. The van der Waals surface area contributed by atoms with Gasteiger partial charge in [-0.15, -0.1) is 0 Å². The summed E-state index contributed by atoms with van der Waals surface area (Å²) < 4.78 is 34.7. The second-order valence-corrected chi connectivity index (χ2v) is 9.67. The molecular weight excluding hydrogens is 456 g/mol. The molecule has 7 nitrogen and oxygen atoms in total. The highest BCUT2D eigenvalue weighted by Gasteiger charge is 2.48. The number of halogens is 2. The first kappa shape index (κ1) is 23.5. The molecule has 0 spiro atoms. The SMILES string of the molecule is CCCCOc1c2n(cc(C(=O)NCc3ccc(F)cc3F)c1=O)C[C@@H]1[C@H]3CC[C@H](CC3)N1C2=O. The van der Waals surface area contributed by atoms with Crippen molar-refractivity contribution in [3.63, 3.8) is 0 Å². The number of pyridine rings is 1. The van der Waals surface area contributed by atoms with Crippen LogP contribution in [0.2, 0.25) is 0 Å². The summed E-state index contributed by atoms with van der Waals surface area (Å²) in [5.74, 6) is -2.10. The summed E-state index contributed by atoms with van der Waals surface area (Å²) in [7, 11) is 0. The minimum absolute atomic E-state index is 0.0396. The standard InChI is InChI=1S/C26H29F2N3O4/c1-2-3-10-35-24-22-26(34)31-18-8-5-15(6-9-18)21(31)14-30(22)13-19(23(24)32)25(33)29-12-16-4-7-17(27)11-20(16)28/h4,7,11,13,15,18,21H,2-3,5-6,8-10,12,14H2,1H3,(H,29,33)/t15-,18+,21-/m1/s1. The molecule has 1 N–H and O–H groups in total. The number of fused-ring (bicyclic) bond motifs is 3. The van der Waals surface area contributed by atoms with E-state index in [0.717, 1.165) is 44.2 Å². The molecule has 1 aromatic carbocycles. The molecule has 1 atom stereocenters. The zero-order valence-corrected chi connectivity index (χ0v) is 19.7. The van der Waals surface area contributed by atoms with Crippen LogP contribution in [-0.4, -0.2) is 40.0 Å². The fourth-order valence-electron chi connectivity index (χ4n) is 5.69. The number of nitrogens with zero attached hydrogens (tertiary/aromatic N) is 2. The number of ether oxygens (including phenoxy) is 1. The summed E-state index contributed by atoms with van der Waals surface area (Å²) in [4.78, 5) is 41.9. The second kappa shape index (κ2) is 9.43. The number of nitrogens with one attached hydrogen (secondary N) is 1.